The summed E-state index contributed by atoms with van der Waals surface area (Å²) < 4.78 is 25.0. The van der Waals surface area contributed by atoms with Crippen molar-refractivity contribution in [3.63, 3.8) is 0 Å². The van der Waals surface area contributed by atoms with E-state index in [4.69, 9.17) is 9.47 Å². The number of carbonyl (C=O) groups is 1. The van der Waals surface area contributed by atoms with Crippen LogP contribution >= 0.6 is 0 Å². The Labute approximate surface area is 151 Å². The van der Waals surface area contributed by atoms with Crippen molar-refractivity contribution in [2.24, 2.45) is 0 Å². The molecule has 2 fully saturated rings. The highest BCUT2D eigenvalue weighted by molar-refractivity contribution is 5.95. The Kier molecular flexibility index (Phi) is 4.49. The van der Waals surface area contributed by atoms with Crippen molar-refractivity contribution in [1.29, 1.82) is 0 Å². The number of pyridine rings is 1. The minimum atomic E-state index is -0.512. The van der Waals surface area contributed by atoms with E-state index >= 15 is 0 Å². The number of amides is 1. The smallest absolute Gasteiger partial charge is 0.254 e. The average molecular weight is 356 g/mol. The maximum absolute atomic E-state index is 14.0. The largest absolute Gasteiger partial charge is 0.494 e. The average Bonchev–Trinajstić information content (AvgIpc) is 2.92. The highest BCUT2D eigenvalue weighted by Gasteiger charge is 2.44. The molecule has 4 rings (SSSR count). The third kappa shape index (κ3) is 3.11. The van der Waals surface area contributed by atoms with Gasteiger partial charge in [0.25, 0.3) is 5.91 Å². The van der Waals surface area contributed by atoms with Gasteiger partial charge in [0.15, 0.2) is 11.6 Å². The molecule has 0 aliphatic carbocycles. The molecule has 2 aromatic rings. The number of ether oxygens (including phenoxy) is 2. The van der Waals surface area contributed by atoms with Crippen LogP contribution in [0.3, 0.4) is 0 Å². The van der Waals surface area contributed by atoms with Crippen LogP contribution in [0.15, 0.2) is 42.7 Å². The van der Waals surface area contributed by atoms with Crippen molar-refractivity contribution < 1.29 is 18.7 Å². The number of rotatable bonds is 4. The summed E-state index contributed by atoms with van der Waals surface area (Å²) in [5.41, 5.74) is 0.369. The molecule has 2 aliphatic rings. The van der Waals surface area contributed by atoms with Gasteiger partial charge in [0.1, 0.15) is 11.9 Å². The minimum absolute atomic E-state index is 0.0894. The molecule has 0 saturated carbocycles. The summed E-state index contributed by atoms with van der Waals surface area (Å²) in [6.45, 7) is 0. The van der Waals surface area contributed by atoms with Crippen LogP contribution in [0.4, 0.5) is 4.39 Å². The lowest BCUT2D eigenvalue weighted by atomic mass is 9.98. The summed E-state index contributed by atoms with van der Waals surface area (Å²) in [6.07, 6.45) is 7.02. The topological polar surface area (TPSA) is 51.7 Å². The number of halogens is 1. The second kappa shape index (κ2) is 6.94. The first-order valence-corrected chi connectivity index (χ1v) is 8.88. The standard InChI is InChI=1S/C20H21FN2O3/c1-25-19-5-2-13(10-18(19)21)20(24)23-14-3-4-15(23)12-17(11-14)26-16-6-8-22-9-7-16/h2,5-10,14-15,17H,3-4,11-12H2,1H3. The Morgan fingerprint density at radius 3 is 2.46 bits per heavy atom. The molecule has 6 heteroatoms. The summed E-state index contributed by atoms with van der Waals surface area (Å²) in [5, 5.41) is 0. The van der Waals surface area contributed by atoms with Gasteiger partial charge in [0.05, 0.1) is 7.11 Å². The molecule has 0 radical (unpaired) electrons. The van der Waals surface area contributed by atoms with Gasteiger partial charge in [-0.2, -0.15) is 0 Å². The first-order valence-electron chi connectivity index (χ1n) is 8.88. The predicted octanol–water partition coefficient (Wildman–Crippen LogP) is 3.44. The highest BCUT2D eigenvalue weighted by atomic mass is 19.1. The SMILES string of the molecule is COc1ccc(C(=O)N2C3CCC2CC(Oc2ccncc2)C3)cc1F. The Morgan fingerprint density at radius 1 is 1.15 bits per heavy atom. The number of piperidine rings is 1. The van der Waals surface area contributed by atoms with Crippen molar-refractivity contribution in [3.05, 3.63) is 54.1 Å². The van der Waals surface area contributed by atoms with E-state index in [1.807, 2.05) is 17.0 Å². The van der Waals surface area contributed by atoms with Gasteiger partial charge in [0, 0.05) is 42.9 Å². The molecular weight excluding hydrogens is 335 g/mol. The molecule has 0 spiro atoms. The predicted molar refractivity (Wildman–Crippen MR) is 93.8 cm³/mol. The summed E-state index contributed by atoms with van der Waals surface area (Å²) in [4.78, 5) is 18.9. The number of methoxy groups -OCH3 is 1. The van der Waals surface area contributed by atoms with Crippen molar-refractivity contribution in [3.8, 4) is 11.5 Å². The number of fused-ring (bicyclic) bond motifs is 2. The summed E-state index contributed by atoms with van der Waals surface area (Å²) >= 11 is 0. The van der Waals surface area contributed by atoms with E-state index in [-0.39, 0.29) is 29.8 Å². The van der Waals surface area contributed by atoms with Gasteiger partial charge in [-0.25, -0.2) is 4.39 Å². The molecule has 3 heterocycles. The van der Waals surface area contributed by atoms with Crippen LogP contribution < -0.4 is 9.47 Å². The lowest BCUT2D eigenvalue weighted by Crippen LogP contribution is -2.49. The summed E-state index contributed by atoms with van der Waals surface area (Å²) in [5.74, 6) is 0.332. The van der Waals surface area contributed by atoms with E-state index in [0.717, 1.165) is 31.4 Å². The van der Waals surface area contributed by atoms with Crippen LogP contribution in [0.25, 0.3) is 0 Å². The van der Waals surface area contributed by atoms with E-state index in [2.05, 4.69) is 4.98 Å². The zero-order valence-corrected chi connectivity index (χ0v) is 14.6. The van der Waals surface area contributed by atoms with Crippen LogP contribution in [-0.2, 0) is 0 Å². The quantitative estimate of drug-likeness (QED) is 0.842. The maximum atomic E-state index is 14.0. The van der Waals surface area contributed by atoms with Crippen molar-refractivity contribution in [1.82, 2.24) is 9.88 Å². The van der Waals surface area contributed by atoms with E-state index in [0.29, 0.717) is 5.56 Å². The van der Waals surface area contributed by atoms with Crippen molar-refractivity contribution in [2.75, 3.05) is 7.11 Å². The number of carbonyl (C=O) groups excluding carboxylic acids is 1. The van der Waals surface area contributed by atoms with Crippen molar-refractivity contribution in [2.45, 2.75) is 43.9 Å². The first-order chi connectivity index (χ1) is 12.7. The molecule has 1 amide bonds. The summed E-state index contributed by atoms with van der Waals surface area (Å²) in [6, 6.07) is 8.36. The fraction of sp³-hybridized carbons (Fsp3) is 0.400. The third-order valence-electron chi connectivity index (χ3n) is 5.28. The Balaban J connectivity index is 1.48. The van der Waals surface area contributed by atoms with E-state index in [9.17, 15) is 9.18 Å². The molecule has 1 aromatic carbocycles. The van der Waals surface area contributed by atoms with E-state index in [1.54, 1.807) is 18.5 Å². The molecule has 136 valence electrons. The maximum Gasteiger partial charge on any atom is 0.254 e. The lowest BCUT2D eigenvalue weighted by molar-refractivity contribution is 0.0358. The molecular formula is C20H21FN2O3. The highest BCUT2D eigenvalue weighted by Crippen LogP contribution is 2.38. The zero-order chi connectivity index (χ0) is 18.1. The van der Waals surface area contributed by atoms with Crippen LogP contribution in [0.2, 0.25) is 0 Å². The second-order valence-corrected chi connectivity index (χ2v) is 6.84. The van der Waals surface area contributed by atoms with Crippen molar-refractivity contribution >= 4 is 5.91 Å². The zero-order valence-electron chi connectivity index (χ0n) is 14.6. The van der Waals surface area contributed by atoms with Gasteiger partial charge in [-0.05, 0) is 43.2 Å². The molecule has 0 N–H and O–H groups in total. The number of hydrogen-bond donors (Lipinski definition) is 0. The van der Waals surface area contributed by atoms with Crippen LogP contribution in [0.1, 0.15) is 36.0 Å². The molecule has 2 atom stereocenters. The molecule has 2 unspecified atom stereocenters. The number of aromatic nitrogens is 1. The van der Waals surface area contributed by atoms with Gasteiger partial charge < -0.3 is 14.4 Å². The van der Waals surface area contributed by atoms with E-state index in [1.165, 1.54) is 19.2 Å². The van der Waals surface area contributed by atoms with Gasteiger partial charge in [-0.1, -0.05) is 0 Å². The first kappa shape index (κ1) is 16.8. The van der Waals surface area contributed by atoms with Crippen LogP contribution in [-0.4, -0.2) is 41.1 Å². The molecule has 2 bridgehead atoms. The molecule has 2 saturated heterocycles. The van der Waals surface area contributed by atoms with Gasteiger partial charge in [-0.3, -0.25) is 9.78 Å². The molecule has 2 aliphatic heterocycles. The van der Waals surface area contributed by atoms with E-state index < -0.39 is 5.82 Å². The van der Waals surface area contributed by atoms with Crippen LogP contribution in [0.5, 0.6) is 11.5 Å². The Bertz CT molecular complexity index is 785. The third-order valence-corrected chi connectivity index (χ3v) is 5.28. The molecule has 26 heavy (non-hydrogen) atoms. The monoisotopic (exact) mass is 356 g/mol. The van der Waals surface area contributed by atoms with Gasteiger partial charge >= 0.3 is 0 Å². The Hall–Kier alpha value is -2.63. The Morgan fingerprint density at radius 2 is 1.85 bits per heavy atom. The van der Waals surface area contributed by atoms with Gasteiger partial charge in [-0.15, -0.1) is 0 Å². The number of hydrogen-bond acceptors (Lipinski definition) is 4. The number of nitrogens with zero attached hydrogens (tertiary/aromatic N) is 2. The van der Waals surface area contributed by atoms with Crippen LogP contribution in [0, 0.1) is 5.82 Å². The summed E-state index contributed by atoms with van der Waals surface area (Å²) in [7, 11) is 1.41. The molecule has 1 aromatic heterocycles. The normalized spacial score (nSPS) is 24.4. The number of benzene rings is 1. The molecule has 5 nitrogen and oxygen atoms in total. The lowest BCUT2D eigenvalue weighted by Gasteiger charge is -2.39. The fourth-order valence-electron chi connectivity index (χ4n) is 4.11. The fourth-order valence-corrected chi connectivity index (χ4v) is 4.11. The second-order valence-electron chi connectivity index (χ2n) is 6.84. The van der Waals surface area contributed by atoms with Gasteiger partial charge in [0.2, 0.25) is 0 Å². The minimum Gasteiger partial charge on any atom is -0.494 e.